The Labute approximate surface area is 152 Å². The quantitative estimate of drug-likeness (QED) is 0.627. The zero-order chi connectivity index (χ0) is 18.4. The van der Waals surface area contributed by atoms with Crippen LogP contribution < -0.4 is 14.4 Å². The molecule has 0 aromatic heterocycles. The van der Waals surface area contributed by atoms with Crippen molar-refractivity contribution < 1.29 is 19.7 Å². The second kappa shape index (κ2) is 8.38. The fraction of sp³-hybridized carbons (Fsp3) is 0.143. The van der Waals surface area contributed by atoms with Crippen LogP contribution in [0.5, 0.6) is 11.5 Å². The van der Waals surface area contributed by atoms with Gasteiger partial charge in [-0.15, -0.1) is 0 Å². The molecule has 0 fully saturated rings. The normalized spacial score (nSPS) is 10.4. The van der Waals surface area contributed by atoms with Crippen LogP contribution in [0.4, 0.5) is 17.1 Å². The molecule has 3 aromatic rings. The molecule has 0 bridgehead atoms. The summed E-state index contributed by atoms with van der Waals surface area (Å²) in [6, 6.07) is 23.2. The van der Waals surface area contributed by atoms with Crippen LogP contribution >= 0.6 is 0 Å². The molecule has 0 aliphatic rings. The van der Waals surface area contributed by atoms with Gasteiger partial charge in [0.15, 0.2) is 13.6 Å². The number of anilines is 3. The van der Waals surface area contributed by atoms with E-state index in [4.69, 9.17) is 19.7 Å². The van der Waals surface area contributed by atoms with Crippen LogP contribution in [0.1, 0.15) is 5.56 Å². The van der Waals surface area contributed by atoms with Gasteiger partial charge in [-0.25, -0.2) is 0 Å². The van der Waals surface area contributed by atoms with E-state index >= 15 is 0 Å². The summed E-state index contributed by atoms with van der Waals surface area (Å²) in [4.78, 5) is 2.10. The SMILES string of the molecule is Cc1ccc(N(c2ccc(OCO)cc2)c2ccc(OCO)cc2)cc1. The number of aliphatic hydroxyl groups excluding tert-OH is 2. The number of hydrogen-bond acceptors (Lipinski definition) is 5. The minimum Gasteiger partial charge on any atom is -0.468 e. The summed E-state index contributed by atoms with van der Waals surface area (Å²) in [5.41, 5.74) is 4.11. The van der Waals surface area contributed by atoms with Crippen LogP contribution in [-0.4, -0.2) is 23.8 Å². The second-order valence-electron chi connectivity index (χ2n) is 5.71. The highest BCUT2D eigenvalue weighted by molar-refractivity contribution is 5.77. The first-order valence-electron chi connectivity index (χ1n) is 8.25. The summed E-state index contributed by atoms with van der Waals surface area (Å²) in [6.45, 7) is 1.34. The van der Waals surface area contributed by atoms with E-state index in [1.807, 2.05) is 48.5 Å². The maximum atomic E-state index is 8.89. The third kappa shape index (κ3) is 4.14. The van der Waals surface area contributed by atoms with Crippen LogP contribution in [0, 0.1) is 6.92 Å². The molecule has 0 spiro atoms. The Morgan fingerprint density at radius 3 is 1.31 bits per heavy atom. The highest BCUT2D eigenvalue weighted by Gasteiger charge is 2.12. The molecule has 0 atom stereocenters. The fourth-order valence-corrected chi connectivity index (χ4v) is 2.67. The minimum atomic E-state index is -0.354. The zero-order valence-electron chi connectivity index (χ0n) is 14.5. The Bertz CT molecular complexity index is 765. The van der Waals surface area contributed by atoms with Gasteiger partial charge in [-0.3, -0.25) is 0 Å². The summed E-state index contributed by atoms with van der Waals surface area (Å²) in [5.74, 6) is 1.21. The van der Waals surface area contributed by atoms with E-state index in [2.05, 4.69) is 36.1 Å². The van der Waals surface area contributed by atoms with Crippen molar-refractivity contribution in [3.8, 4) is 11.5 Å². The summed E-state index contributed by atoms with van der Waals surface area (Å²) in [7, 11) is 0. The topological polar surface area (TPSA) is 62.2 Å². The summed E-state index contributed by atoms with van der Waals surface area (Å²) in [5, 5.41) is 17.8. The maximum absolute atomic E-state index is 8.89. The van der Waals surface area contributed by atoms with Crippen molar-refractivity contribution >= 4 is 17.1 Å². The van der Waals surface area contributed by atoms with Crippen molar-refractivity contribution in [3.05, 3.63) is 78.4 Å². The Balaban J connectivity index is 1.99. The van der Waals surface area contributed by atoms with Crippen molar-refractivity contribution in [3.63, 3.8) is 0 Å². The standard InChI is InChI=1S/C21H21NO4/c1-16-2-4-17(5-3-16)22(18-6-10-20(11-7-18)25-14-23)19-8-12-21(13-9-19)26-15-24/h2-13,23-24H,14-15H2,1H3. The highest BCUT2D eigenvalue weighted by atomic mass is 16.6. The number of aliphatic hydroxyl groups is 2. The Morgan fingerprint density at radius 1 is 0.615 bits per heavy atom. The first kappa shape index (κ1) is 17.8. The third-order valence-electron chi connectivity index (χ3n) is 3.94. The molecule has 0 aliphatic heterocycles. The van der Waals surface area contributed by atoms with Gasteiger partial charge < -0.3 is 24.6 Å². The van der Waals surface area contributed by atoms with E-state index < -0.39 is 0 Å². The van der Waals surface area contributed by atoms with E-state index in [-0.39, 0.29) is 13.6 Å². The molecular formula is C21H21NO4. The average Bonchev–Trinajstić information content (AvgIpc) is 2.67. The van der Waals surface area contributed by atoms with Gasteiger partial charge in [0.2, 0.25) is 0 Å². The van der Waals surface area contributed by atoms with Gasteiger partial charge >= 0.3 is 0 Å². The Kier molecular flexibility index (Phi) is 5.73. The van der Waals surface area contributed by atoms with Crippen LogP contribution in [0.25, 0.3) is 0 Å². The number of nitrogens with zero attached hydrogens (tertiary/aromatic N) is 1. The van der Waals surface area contributed by atoms with E-state index in [1.54, 1.807) is 0 Å². The number of rotatable bonds is 7. The second-order valence-corrected chi connectivity index (χ2v) is 5.71. The third-order valence-corrected chi connectivity index (χ3v) is 3.94. The molecule has 2 N–H and O–H groups in total. The smallest absolute Gasteiger partial charge is 0.186 e. The van der Waals surface area contributed by atoms with Gasteiger partial charge in [0.05, 0.1) is 0 Å². The molecule has 0 saturated carbocycles. The zero-order valence-corrected chi connectivity index (χ0v) is 14.5. The molecular weight excluding hydrogens is 330 g/mol. The average molecular weight is 351 g/mol. The molecule has 0 amide bonds. The number of benzene rings is 3. The maximum Gasteiger partial charge on any atom is 0.186 e. The largest absolute Gasteiger partial charge is 0.468 e. The van der Waals surface area contributed by atoms with Crippen LogP contribution in [0.3, 0.4) is 0 Å². The first-order valence-corrected chi connectivity index (χ1v) is 8.25. The molecule has 134 valence electrons. The molecule has 0 unspecified atom stereocenters. The van der Waals surface area contributed by atoms with Crippen molar-refractivity contribution in [2.75, 3.05) is 18.5 Å². The van der Waals surface area contributed by atoms with Gasteiger partial charge in [-0.1, -0.05) is 17.7 Å². The van der Waals surface area contributed by atoms with Crippen molar-refractivity contribution in [2.24, 2.45) is 0 Å². The molecule has 0 saturated heterocycles. The lowest BCUT2D eigenvalue weighted by Gasteiger charge is -2.26. The van der Waals surface area contributed by atoms with Crippen LogP contribution in [-0.2, 0) is 0 Å². The van der Waals surface area contributed by atoms with Gasteiger partial charge in [0, 0.05) is 17.1 Å². The van der Waals surface area contributed by atoms with Gasteiger partial charge in [0.25, 0.3) is 0 Å². The lowest BCUT2D eigenvalue weighted by Crippen LogP contribution is -2.10. The molecule has 5 nitrogen and oxygen atoms in total. The molecule has 5 heteroatoms. The van der Waals surface area contributed by atoms with Gasteiger partial charge in [-0.05, 0) is 67.6 Å². The lowest BCUT2D eigenvalue weighted by atomic mass is 10.1. The van der Waals surface area contributed by atoms with E-state index in [0.717, 1.165) is 17.1 Å². The predicted octanol–water partition coefficient (Wildman–Crippen LogP) is 4.12. The predicted molar refractivity (Wildman–Crippen MR) is 101 cm³/mol. The van der Waals surface area contributed by atoms with Crippen molar-refractivity contribution in [2.45, 2.75) is 6.92 Å². The number of ether oxygens (including phenoxy) is 2. The van der Waals surface area contributed by atoms with E-state index in [1.165, 1.54) is 5.56 Å². The monoisotopic (exact) mass is 351 g/mol. The molecule has 26 heavy (non-hydrogen) atoms. The molecule has 0 aliphatic carbocycles. The Morgan fingerprint density at radius 2 is 0.962 bits per heavy atom. The van der Waals surface area contributed by atoms with Crippen LogP contribution in [0.15, 0.2) is 72.8 Å². The number of aryl methyl sites for hydroxylation is 1. The summed E-state index contributed by atoms with van der Waals surface area (Å²) < 4.78 is 10.2. The van der Waals surface area contributed by atoms with Crippen molar-refractivity contribution in [1.29, 1.82) is 0 Å². The minimum absolute atomic E-state index is 0.354. The van der Waals surface area contributed by atoms with Gasteiger partial charge in [-0.2, -0.15) is 0 Å². The summed E-state index contributed by atoms with van der Waals surface area (Å²) in [6.07, 6.45) is 0. The Hall–Kier alpha value is -3.02. The molecule has 3 aromatic carbocycles. The van der Waals surface area contributed by atoms with Crippen LogP contribution in [0.2, 0.25) is 0 Å². The fourth-order valence-electron chi connectivity index (χ4n) is 2.67. The van der Waals surface area contributed by atoms with E-state index in [9.17, 15) is 0 Å². The summed E-state index contributed by atoms with van der Waals surface area (Å²) >= 11 is 0. The first-order chi connectivity index (χ1) is 12.7. The highest BCUT2D eigenvalue weighted by Crippen LogP contribution is 2.36. The lowest BCUT2D eigenvalue weighted by molar-refractivity contribution is 0.0981. The number of hydrogen-bond donors (Lipinski definition) is 2. The van der Waals surface area contributed by atoms with Gasteiger partial charge in [0.1, 0.15) is 11.5 Å². The molecule has 0 heterocycles. The van der Waals surface area contributed by atoms with E-state index in [0.29, 0.717) is 11.5 Å². The molecule has 3 rings (SSSR count). The van der Waals surface area contributed by atoms with Crippen molar-refractivity contribution in [1.82, 2.24) is 0 Å². The molecule has 0 radical (unpaired) electrons.